The Kier molecular flexibility index (Phi) is 5.70. The molecule has 0 radical (unpaired) electrons. The highest BCUT2D eigenvalue weighted by Gasteiger charge is 2.22. The number of amides is 1. The zero-order valence-corrected chi connectivity index (χ0v) is 19.1. The van der Waals surface area contributed by atoms with Gasteiger partial charge in [-0.2, -0.15) is 5.26 Å². The largest absolute Gasteiger partial charge is 0.327 e. The molecule has 1 amide bonds. The molecule has 0 saturated heterocycles. The molecule has 8 nitrogen and oxygen atoms in total. The van der Waals surface area contributed by atoms with Gasteiger partial charge in [-0.15, -0.1) is 0 Å². The van der Waals surface area contributed by atoms with E-state index >= 15 is 0 Å². The van der Waals surface area contributed by atoms with E-state index in [1.165, 1.54) is 17.7 Å². The van der Waals surface area contributed by atoms with Gasteiger partial charge < -0.3 is 9.88 Å². The van der Waals surface area contributed by atoms with E-state index in [1.807, 2.05) is 29.8 Å². The highest BCUT2D eigenvalue weighted by molar-refractivity contribution is 7.90. The number of nitrogens with zero attached hydrogens (tertiary/aromatic N) is 4. The molecule has 0 aliphatic rings. The summed E-state index contributed by atoms with van der Waals surface area (Å²) in [4.78, 5) is 21.3. The molecule has 0 unspecified atom stereocenters. The van der Waals surface area contributed by atoms with Crippen molar-refractivity contribution in [3.05, 3.63) is 71.5 Å². The molecule has 0 bridgehead atoms. The first-order valence-electron chi connectivity index (χ1n) is 10.2. The number of pyridine rings is 1. The van der Waals surface area contributed by atoms with E-state index in [9.17, 15) is 13.2 Å². The summed E-state index contributed by atoms with van der Waals surface area (Å²) >= 11 is 0. The first kappa shape index (κ1) is 22.2. The molecule has 2 aromatic carbocycles. The van der Waals surface area contributed by atoms with Gasteiger partial charge in [0.2, 0.25) is 0 Å². The minimum Gasteiger partial charge on any atom is -0.327 e. The number of nitriles is 1. The first-order chi connectivity index (χ1) is 15.7. The summed E-state index contributed by atoms with van der Waals surface area (Å²) in [7, 11) is -1.82. The second-order valence-electron chi connectivity index (χ2n) is 7.63. The second kappa shape index (κ2) is 8.48. The maximum absolute atomic E-state index is 12.9. The van der Waals surface area contributed by atoms with Crippen LogP contribution >= 0.6 is 0 Å². The van der Waals surface area contributed by atoms with Gasteiger partial charge in [0, 0.05) is 24.6 Å². The Bertz CT molecular complexity index is 1530. The molecular weight excluding hydrogens is 438 g/mol. The van der Waals surface area contributed by atoms with E-state index in [0.717, 1.165) is 35.1 Å². The number of sulfone groups is 1. The smallest absolute Gasteiger partial charge is 0.275 e. The molecule has 2 heterocycles. The molecule has 166 valence electrons. The number of fused-ring (bicyclic) bond motifs is 1. The van der Waals surface area contributed by atoms with E-state index in [0.29, 0.717) is 5.69 Å². The predicted molar refractivity (Wildman–Crippen MR) is 126 cm³/mol. The predicted octanol–water partition coefficient (Wildman–Crippen LogP) is 3.73. The Morgan fingerprint density at radius 3 is 2.45 bits per heavy atom. The van der Waals surface area contributed by atoms with Crippen molar-refractivity contribution >= 4 is 32.5 Å². The summed E-state index contributed by atoms with van der Waals surface area (Å²) in [6, 6.07) is 17.7. The summed E-state index contributed by atoms with van der Waals surface area (Å²) in [5.74, 6) is 0.0725. The fourth-order valence-corrected chi connectivity index (χ4v) is 4.38. The molecule has 0 saturated carbocycles. The number of anilines is 1. The lowest BCUT2D eigenvalue weighted by Crippen LogP contribution is -2.18. The monoisotopic (exact) mass is 459 g/mol. The number of aryl methyl sites for hydroxylation is 2. The van der Waals surface area contributed by atoms with Crippen LogP contribution in [0.3, 0.4) is 0 Å². The van der Waals surface area contributed by atoms with Crippen molar-refractivity contribution in [2.24, 2.45) is 7.05 Å². The van der Waals surface area contributed by atoms with Crippen molar-refractivity contribution in [2.75, 3.05) is 11.6 Å². The normalized spacial score (nSPS) is 11.3. The number of carbonyl (C=O) groups excluding carboxylic acids is 1. The van der Waals surface area contributed by atoms with Gasteiger partial charge in [0.1, 0.15) is 23.3 Å². The van der Waals surface area contributed by atoms with Crippen LogP contribution in [0.15, 0.2) is 59.5 Å². The Morgan fingerprint density at radius 1 is 1.09 bits per heavy atom. The van der Waals surface area contributed by atoms with Gasteiger partial charge in [-0.25, -0.2) is 18.4 Å². The van der Waals surface area contributed by atoms with Crippen LogP contribution < -0.4 is 5.32 Å². The number of hydrogen-bond acceptors (Lipinski definition) is 6. The standard InChI is InChI=1S/C24H21N5O3S/c1-4-15-5-7-16(8-6-15)23-28-19-11-9-17(13-20(19)29(23)2)27-24(30)22-21(33(3,31)32)12-10-18(14-25)26-22/h5-13H,4H2,1-3H3,(H,27,30). The summed E-state index contributed by atoms with van der Waals surface area (Å²) in [6.45, 7) is 2.10. The summed E-state index contributed by atoms with van der Waals surface area (Å²) in [5, 5.41) is 11.8. The lowest BCUT2D eigenvalue weighted by molar-refractivity contribution is 0.101. The van der Waals surface area contributed by atoms with Crippen LogP contribution in [0.5, 0.6) is 0 Å². The van der Waals surface area contributed by atoms with Crippen LogP contribution in [0, 0.1) is 11.3 Å². The van der Waals surface area contributed by atoms with E-state index in [4.69, 9.17) is 10.2 Å². The van der Waals surface area contributed by atoms with Gasteiger partial charge >= 0.3 is 0 Å². The zero-order valence-electron chi connectivity index (χ0n) is 18.3. The fourth-order valence-electron chi connectivity index (χ4n) is 3.58. The van der Waals surface area contributed by atoms with Crippen LogP contribution in [0.2, 0.25) is 0 Å². The lowest BCUT2D eigenvalue weighted by atomic mass is 10.1. The van der Waals surface area contributed by atoms with E-state index in [1.54, 1.807) is 18.2 Å². The van der Waals surface area contributed by atoms with Crippen LogP contribution in [0.25, 0.3) is 22.4 Å². The number of aromatic nitrogens is 3. The highest BCUT2D eigenvalue weighted by atomic mass is 32.2. The Hall–Kier alpha value is -4.03. The molecule has 4 aromatic rings. The minimum atomic E-state index is -3.72. The zero-order chi connectivity index (χ0) is 23.8. The van der Waals surface area contributed by atoms with Gasteiger partial charge in [0.05, 0.1) is 15.9 Å². The average molecular weight is 460 g/mol. The Labute approximate surface area is 191 Å². The number of nitrogens with one attached hydrogen (secondary N) is 1. The molecule has 0 fully saturated rings. The van der Waals surface area contributed by atoms with Crippen molar-refractivity contribution in [3.8, 4) is 17.5 Å². The average Bonchev–Trinajstić information content (AvgIpc) is 3.14. The quantitative estimate of drug-likeness (QED) is 0.486. The first-order valence-corrected chi connectivity index (χ1v) is 12.1. The van der Waals surface area contributed by atoms with Crippen LogP contribution in [0.1, 0.15) is 28.7 Å². The van der Waals surface area contributed by atoms with Crippen LogP contribution in [-0.4, -0.2) is 35.1 Å². The summed E-state index contributed by atoms with van der Waals surface area (Å²) in [6.07, 6.45) is 1.95. The van der Waals surface area contributed by atoms with E-state index < -0.39 is 15.7 Å². The second-order valence-corrected chi connectivity index (χ2v) is 9.61. The van der Waals surface area contributed by atoms with Gasteiger partial charge in [-0.1, -0.05) is 31.2 Å². The van der Waals surface area contributed by atoms with E-state index in [-0.39, 0.29) is 16.3 Å². The summed E-state index contributed by atoms with van der Waals surface area (Å²) < 4.78 is 26.1. The van der Waals surface area contributed by atoms with Crippen molar-refractivity contribution in [1.82, 2.24) is 14.5 Å². The topological polar surface area (TPSA) is 118 Å². The van der Waals surface area contributed by atoms with Gasteiger partial charge in [0.15, 0.2) is 9.84 Å². The maximum Gasteiger partial charge on any atom is 0.275 e. The van der Waals surface area contributed by atoms with Gasteiger partial charge in [-0.3, -0.25) is 4.79 Å². The Balaban J connectivity index is 1.70. The number of rotatable bonds is 5. The van der Waals surface area contributed by atoms with Crippen molar-refractivity contribution < 1.29 is 13.2 Å². The van der Waals surface area contributed by atoms with Crippen molar-refractivity contribution in [2.45, 2.75) is 18.2 Å². The van der Waals surface area contributed by atoms with Crippen molar-refractivity contribution in [1.29, 1.82) is 5.26 Å². The summed E-state index contributed by atoms with van der Waals surface area (Å²) in [5.41, 5.74) is 3.85. The molecule has 1 N–H and O–H groups in total. The van der Waals surface area contributed by atoms with Crippen LogP contribution in [0.4, 0.5) is 5.69 Å². The molecule has 0 spiro atoms. The van der Waals surface area contributed by atoms with E-state index in [2.05, 4.69) is 29.4 Å². The third-order valence-electron chi connectivity index (χ3n) is 5.35. The molecule has 0 aliphatic heterocycles. The van der Waals surface area contributed by atoms with Crippen molar-refractivity contribution in [3.63, 3.8) is 0 Å². The molecule has 0 aliphatic carbocycles. The number of benzene rings is 2. The van der Waals surface area contributed by atoms with Gasteiger partial charge in [-0.05, 0) is 42.3 Å². The highest BCUT2D eigenvalue weighted by Crippen LogP contribution is 2.27. The molecule has 2 aromatic heterocycles. The number of hydrogen-bond donors (Lipinski definition) is 1. The minimum absolute atomic E-state index is 0.0478. The fraction of sp³-hybridized carbons (Fsp3) is 0.167. The molecule has 9 heteroatoms. The maximum atomic E-state index is 12.9. The van der Waals surface area contributed by atoms with Crippen LogP contribution in [-0.2, 0) is 23.3 Å². The third kappa shape index (κ3) is 4.33. The molecule has 0 atom stereocenters. The molecule has 4 rings (SSSR count). The lowest BCUT2D eigenvalue weighted by Gasteiger charge is -2.09. The number of carbonyl (C=O) groups is 1. The SMILES string of the molecule is CCc1ccc(-c2nc3ccc(NC(=O)c4nc(C#N)ccc4S(C)(=O)=O)cc3n2C)cc1. The van der Waals surface area contributed by atoms with Gasteiger partial charge in [0.25, 0.3) is 5.91 Å². The molecular formula is C24H21N5O3S. The Morgan fingerprint density at radius 2 is 1.82 bits per heavy atom. The number of imidazole rings is 1. The third-order valence-corrected chi connectivity index (χ3v) is 6.47. The molecule has 33 heavy (non-hydrogen) atoms.